The first kappa shape index (κ1) is 8.36. The lowest BCUT2D eigenvalue weighted by molar-refractivity contribution is 1.15. The summed E-state index contributed by atoms with van der Waals surface area (Å²) in [7, 11) is 0. The molecule has 1 aliphatic rings. The van der Waals surface area contributed by atoms with E-state index in [0.717, 1.165) is 16.5 Å². The fourth-order valence-corrected chi connectivity index (χ4v) is 2.21. The van der Waals surface area contributed by atoms with Crippen LogP contribution in [0.2, 0.25) is 0 Å². The van der Waals surface area contributed by atoms with Crippen molar-refractivity contribution in [1.82, 2.24) is 9.97 Å². The van der Waals surface area contributed by atoms with Crippen molar-refractivity contribution in [1.29, 1.82) is 0 Å². The van der Waals surface area contributed by atoms with E-state index in [2.05, 4.69) is 29.5 Å². The third-order valence-corrected chi connectivity index (χ3v) is 2.88. The molecule has 0 bridgehead atoms. The Labute approximate surface area is 87.6 Å². The predicted molar refractivity (Wildman–Crippen MR) is 60.4 cm³/mol. The minimum Gasteiger partial charge on any atom is -0.244 e. The maximum atomic E-state index is 4.32. The Hall–Kier alpha value is -1.96. The quantitative estimate of drug-likeness (QED) is 0.627. The fourth-order valence-electron chi connectivity index (χ4n) is 2.21. The van der Waals surface area contributed by atoms with Gasteiger partial charge in [-0.05, 0) is 28.5 Å². The lowest BCUT2D eigenvalue weighted by atomic mass is 10.1. The van der Waals surface area contributed by atoms with Crippen LogP contribution in [-0.4, -0.2) is 9.97 Å². The van der Waals surface area contributed by atoms with Crippen LogP contribution in [0.25, 0.3) is 23.3 Å². The van der Waals surface area contributed by atoms with Gasteiger partial charge in [0.25, 0.3) is 0 Å². The summed E-state index contributed by atoms with van der Waals surface area (Å²) in [6.07, 6.45) is 3.47. The van der Waals surface area contributed by atoms with Crippen molar-refractivity contribution in [2.75, 3.05) is 0 Å². The molecule has 1 aromatic heterocycles. The minimum absolute atomic E-state index is 1.04. The van der Waals surface area contributed by atoms with Gasteiger partial charge in [0.1, 0.15) is 6.33 Å². The first-order chi connectivity index (χ1) is 7.29. The van der Waals surface area contributed by atoms with Gasteiger partial charge in [-0.3, -0.25) is 0 Å². The molecule has 0 saturated heterocycles. The number of hydrogen-bond donors (Lipinski definition) is 0. The second-order valence-electron chi connectivity index (χ2n) is 3.75. The molecule has 0 spiro atoms. The second-order valence-corrected chi connectivity index (χ2v) is 3.75. The summed E-state index contributed by atoms with van der Waals surface area (Å²) in [5.41, 5.74) is 4.57. The van der Waals surface area contributed by atoms with Crippen LogP contribution in [-0.2, 0) is 0 Å². The molecule has 0 unspecified atom stereocenters. The average Bonchev–Trinajstić information content (AvgIpc) is 2.55. The smallest absolute Gasteiger partial charge is 0.116 e. The molecule has 1 aromatic carbocycles. The molecule has 1 heterocycles. The molecule has 0 fully saturated rings. The number of fused-ring (bicyclic) bond motifs is 3. The number of rotatable bonds is 0. The molecule has 2 nitrogen and oxygen atoms in total. The van der Waals surface area contributed by atoms with Crippen LogP contribution in [0.4, 0.5) is 0 Å². The molecule has 0 saturated carbocycles. The van der Waals surface area contributed by atoms with E-state index < -0.39 is 0 Å². The van der Waals surface area contributed by atoms with Crippen LogP contribution in [0.5, 0.6) is 0 Å². The summed E-state index contributed by atoms with van der Waals surface area (Å²) < 4.78 is 0. The van der Waals surface area contributed by atoms with Gasteiger partial charge >= 0.3 is 0 Å². The monoisotopic (exact) mass is 194 g/mol. The van der Waals surface area contributed by atoms with Crippen LogP contribution in [0, 0.1) is 0 Å². The van der Waals surface area contributed by atoms with Gasteiger partial charge in [-0.25, -0.2) is 9.97 Å². The largest absolute Gasteiger partial charge is 0.244 e. The standard InChI is InChI=1S/C13H10N2/c1-8-4-3-5-10-11-6-14-7-15-13(11)9(2)12(8)10/h3-7H,1H2,2H3. The molecule has 2 aromatic rings. The van der Waals surface area contributed by atoms with Crippen LogP contribution in [0.15, 0.2) is 30.7 Å². The highest BCUT2D eigenvalue weighted by atomic mass is 14.8. The van der Waals surface area contributed by atoms with Gasteiger partial charge in [0.2, 0.25) is 0 Å². The number of hydrogen-bond acceptors (Lipinski definition) is 2. The molecule has 2 heteroatoms. The van der Waals surface area contributed by atoms with E-state index >= 15 is 0 Å². The molecule has 1 aliphatic carbocycles. The van der Waals surface area contributed by atoms with E-state index in [4.69, 9.17) is 0 Å². The fraction of sp³-hybridized carbons (Fsp3) is 0.0769. The summed E-state index contributed by atoms with van der Waals surface area (Å²) in [5.74, 6) is 0. The Kier molecular flexibility index (Phi) is 1.54. The molecular formula is C13H10N2. The molecule has 0 aliphatic heterocycles. The van der Waals surface area contributed by atoms with Gasteiger partial charge in [0.15, 0.2) is 0 Å². The summed E-state index contributed by atoms with van der Waals surface area (Å²) in [6, 6.07) is 6.15. The molecule has 15 heavy (non-hydrogen) atoms. The van der Waals surface area contributed by atoms with E-state index in [-0.39, 0.29) is 0 Å². The number of nitrogens with zero attached hydrogens (tertiary/aromatic N) is 2. The van der Waals surface area contributed by atoms with Gasteiger partial charge < -0.3 is 0 Å². The summed E-state index contributed by atoms with van der Waals surface area (Å²) in [6.45, 7) is 6.15. The highest BCUT2D eigenvalue weighted by molar-refractivity contribution is 5.86. The Balaban J connectivity index is 2.58. The molecular weight excluding hydrogens is 184 g/mol. The van der Waals surface area contributed by atoms with Crippen molar-refractivity contribution >= 4 is 12.2 Å². The molecule has 3 rings (SSSR count). The van der Waals surface area contributed by atoms with Crippen LogP contribution < -0.4 is 10.4 Å². The lowest BCUT2D eigenvalue weighted by Crippen LogP contribution is -2.24. The van der Waals surface area contributed by atoms with E-state index in [1.165, 1.54) is 16.4 Å². The van der Waals surface area contributed by atoms with Crippen molar-refractivity contribution in [3.05, 3.63) is 46.9 Å². The molecule has 0 N–H and O–H groups in total. The zero-order valence-corrected chi connectivity index (χ0v) is 8.49. The number of benzene rings is 1. The van der Waals surface area contributed by atoms with Gasteiger partial charge in [-0.1, -0.05) is 24.8 Å². The van der Waals surface area contributed by atoms with E-state index in [1.54, 1.807) is 6.33 Å². The van der Waals surface area contributed by atoms with Gasteiger partial charge in [-0.15, -0.1) is 0 Å². The van der Waals surface area contributed by atoms with Crippen molar-refractivity contribution in [2.24, 2.45) is 0 Å². The third kappa shape index (κ3) is 0.988. The topological polar surface area (TPSA) is 25.8 Å². The summed E-state index contributed by atoms with van der Waals surface area (Å²) in [5, 5.41) is 2.27. The van der Waals surface area contributed by atoms with Gasteiger partial charge in [-0.2, -0.15) is 0 Å². The van der Waals surface area contributed by atoms with E-state index in [9.17, 15) is 0 Å². The predicted octanol–water partition coefficient (Wildman–Crippen LogP) is 1.09. The maximum Gasteiger partial charge on any atom is 0.116 e. The number of aromatic nitrogens is 2. The maximum absolute atomic E-state index is 4.32. The molecule has 0 radical (unpaired) electrons. The summed E-state index contributed by atoms with van der Waals surface area (Å²) in [4.78, 5) is 8.39. The summed E-state index contributed by atoms with van der Waals surface area (Å²) >= 11 is 0. The minimum atomic E-state index is 1.04. The second kappa shape index (κ2) is 2.76. The van der Waals surface area contributed by atoms with Crippen LogP contribution >= 0.6 is 0 Å². The zero-order valence-electron chi connectivity index (χ0n) is 8.49. The highest BCUT2D eigenvalue weighted by Crippen LogP contribution is 2.27. The van der Waals surface area contributed by atoms with E-state index in [0.29, 0.717) is 0 Å². The first-order valence-corrected chi connectivity index (χ1v) is 4.88. The average molecular weight is 194 g/mol. The van der Waals surface area contributed by atoms with Gasteiger partial charge in [0.05, 0.1) is 5.69 Å². The van der Waals surface area contributed by atoms with Crippen LogP contribution in [0.1, 0.15) is 12.6 Å². The molecule has 0 atom stereocenters. The Bertz CT molecular complexity index is 656. The first-order valence-electron chi connectivity index (χ1n) is 4.88. The van der Waals surface area contributed by atoms with Gasteiger partial charge in [0, 0.05) is 11.8 Å². The lowest BCUT2D eigenvalue weighted by Gasteiger charge is -1.98. The molecule has 0 amide bonds. The molecule has 72 valence electrons. The van der Waals surface area contributed by atoms with Crippen LogP contribution in [0.3, 0.4) is 0 Å². The Morgan fingerprint density at radius 3 is 2.93 bits per heavy atom. The van der Waals surface area contributed by atoms with E-state index in [1.807, 2.05) is 18.3 Å². The van der Waals surface area contributed by atoms with Crippen molar-refractivity contribution in [2.45, 2.75) is 6.92 Å². The zero-order chi connectivity index (χ0) is 10.4. The normalized spacial score (nSPS) is 12.5. The van der Waals surface area contributed by atoms with Crippen molar-refractivity contribution in [3.8, 4) is 11.1 Å². The third-order valence-electron chi connectivity index (χ3n) is 2.88. The Morgan fingerprint density at radius 1 is 1.20 bits per heavy atom. The SMILES string of the molecule is C=c1cccc2c1=C(C)c1ncncc1-2. The highest BCUT2D eigenvalue weighted by Gasteiger charge is 2.17. The van der Waals surface area contributed by atoms with Crippen molar-refractivity contribution in [3.63, 3.8) is 0 Å². The van der Waals surface area contributed by atoms with Crippen molar-refractivity contribution < 1.29 is 0 Å². The Morgan fingerprint density at radius 2 is 2.07 bits per heavy atom.